The number of anilines is 1. The fourth-order valence-electron chi connectivity index (χ4n) is 2.56. The number of aromatic nitrogens is 1. The summed E-state index contributed by atoms with van der Waals surface area (Å²) in [4.78, 5) is 4.12. The smallest absolute Gasteiger partial charge is 0.0998 e. The Balaban J connectivity index is 1.91. The van der Waals surface area contributed by atoms with E-state index in [0.717, 1.165) is 27.9 Å². The number of hydrogen-bond acceptors (Lipinski definition) is 3. The van der Waals surface area contributed by atoms with Crippen LogP contribution in [0.2, 0.25) is 0 Å². The lowest BCUT2D eigenvalue weighted by Crippen LogP contribution is -2.00. The van der Waals surface area contributed by atoms with E-state index >= 15 is 0 Å². The van der Waals surface area contributed by atoms with Crippen molar-refractivity contribution in [1.82, 2.24) is 4.98 Å². The van der Waals surface area contributed by atoms with Gasteiger partial charge in [-0.25, -0.2) is 0 Å². The highest BCUT2D eigenvalue weighted by Gasteiger charge is 2.08. The summed E-state index contributed by atoms with van der Waals surface area (Å²) < 4.78 is 0. The van der Waals surface area contributed by atoms with Gasteiger partial charge in [0.05, 0.1) is 11.6 Å². The van der Waals surface area contributed by atoms with Gasteiger partial charge in [-0.05, 0) is 47.9 Å². The van der Waals surface area contributed by atoms with Crippen LogP contribution in [-0.4, -0.2) is 4.98 Å². The Labute approximate surface area is 136 Å². The van der Waals surface area contributed by atoms with Crippen LogP contribution < -0.4 is 5.32 Å². The summed E-state index contributed by atoms with van der Waals surface area (Å²) in [6, 6.07) is 20.2. The van der Waals surface area contributed by atoms with Crippen molar-refractivity contribution in [3.05, 3.63) is 83.7 Å². The first-order valence-corrected chi connectivity index (χ1v) is 7.51. The molecule has 0 spiro atoms. The molecule has 23 heavy (non-hydrogen) atoms. The largest absolute Gasteiger partial charge is 0.381 e. The third kappa shape index (κ3) is 3.38. The minimum absolute atomic E-state index is 0.686. The number of pyridine rings is 1. The van der Waals surface area contributed by atoms with E-state index in [9.17, 15) is 5.26 Å². The second kappa shape index (κ2) is 6.76. The van der Waals surface area contributed by atoms with E-state index in [1.54, 1.807) is 6.20 Å². The Kier molecular flexibility index (Phi) is 4.35. The van der Waals surface area contributed by atoms with Gasteiger partial charge < -0.3 is 5.32 Å². The average Bonchev–Trinajstić information content (AvgIpc) is 2.61. The Bertz CT molecular complexity index is 848. The number of nitriles is 1. The van der Waals surface area contributed by atoms with E-state index in [-0.39, 0.29) is 0 Å². The molecule has 1 aromatic heterocycles. The molecule has 0 aliphatic heterocycles. The molecular weight excluding hydrogens is 282 g/mol. The van der Waals surface area contributed by atoms with Crippen molar-refractivity contribution in [3.63, 3.8) is 0 Å². The van der Waals surface area contributed by atoms with Crippen LogP contribution in [0.15, 0.2) is 67.0 Å². The molecule has 1 heterocycles. The molecule has 0 saturated carbocycles. The van der Waals surface area contributed by atoms with Crippen molar-refractivity contribution in [3.8, 4) is 17.2 Å². The van der Waals surface area contributed by atoms with Crippen molar-refractivity contribution < 1.29 is 0 Å². The standard InChI is InChI=1S/C20H17N3/c1-15-5-2-3-7-19(15)20-11-18(9-8-17(20)12-21)23-14-16-6-4-10-22-13-16/h2-11,13,23H,14H2,1H3. The van der Waals surface area contributed by atoms with E-state index < -0.39 is 0 Å². The second-order valence-electron chi connectivity index (χ2n) is 5.40. The average molecular weight is 299 g/mol. The first-order chi connectivity index (χ1) is 11.3. The van der Waals surface area contributed by atoms with E-state index in [1.807, 2.05) is 48.7 Å². The van der Waals surface area contributed by atoms with E-state index in [4.69, 9.17) is 0 Å². The normalized spacial score (nSPS) is 10.1. The number of nitrogens with one attached hydrogen (secondary N) is 1. The predicted octanol–water partition coefficient (Wildman–Crippen LogP) is 4.54. The van der Waals surface area contributed by atoms with Gasteiger partial charge in [-0.2, -0.15) is 5.26 Å². The number of benzene rings is 2. The molecule has 2 aromatic carbocycles. The van der Waals surface area contributed by atoms with Crippen molar-refractivity contribution in [2.45, 2.75) is 13.5 Å². The van der Waals surface area contributed by atoms with Crippen LogP contribution in [0.4, 0.5) is 5.69 Å². The lowest BCUT2D eigenvalue weighted by Gasteiger charge is -2.12. The van der Waals surface area contributed by atoms with Gasteiger partial charge in [-0.1, -0.05) is 30.3 Å². The molecular formula is C20H17N3. The van der Waals surface area contributed by atoms with E-state index in [1.165, 1.54) is 0 Å². The van der Waals surface area contributed by atoms with Gasteiger partial charge in [0, 0.05) is 30.2 Å². The summed E-state index contributed by atoms with van der Waals surface area (Å²) in [6.45, 7) is 2.76. The van der Waals surface area contributed by atoms with Crippen molar-refractivity contribution >= 4 is 5.69 Å². The lowest BCUT2D eigenvalue weighted by molar-refractivity contribution is 1.11. The third-order valence-electron chi connectivity index (χ3n) is 3.79. The molecule has 0 saturated heterocycles. The van der Waals surface area contributed by atoms with Crippen LogP contribution in [0.5, 0.6) is 0 Å². The number of aryl methyl sites for hydroxylation is 1. The Morgan fingerprint density at radius 1 is 1.04 bits per heavy atom. The maximum atomic E-state index is 9.39. The van der Waals surface area contributed by atoms with E-state index in [0.29, 0.717) is 12.1 Å². The van der Waals surface area contributed by atoms with Crippen LogP contribution >= 0.6 is 0 Å². The predicted molar refractivity (Wildman–Crippen MR) is 92.9 cm³/mol. The molecule has 0 aliphatic rings. The summed E-state index contributed by atoms with van der Waals surface area (Å²) in [6.07, 6.45) is 3.61. The van der Waals surface area contributed by atoms with Crippen molar-refractivity contribution in [2.24, 2.45) is 0 Å². The molecule has 112 valence electrons. The van der Waals surface area contributed by atoms with Gasteiger partial charge in [0.2, 0.25) is 0 Å². The third-order valence-corrected chi connectivity index (χ3v) is 3.79. The van der Waals surface area contributed by atoms with Gasteiger partial charge in [0.25, 0.3) is 0 Å². The van der Waals surface area contributed by atoms with Crippen molar-refractivity contribution in [2.75, 3.05) is 5.32 Å². The molecule has 0 bridgehead atoms. The van der Waals surface area contributed by atoms with Gasteiger partial charge in [-0.15, -0.1) is 0 Å². The molecule has 3 heteroatoms. The summed E-state index contributed by atoms with van der Waals surface area (Å²) >= 11 is 0. The summed E-state index contributed by atoms with van der Waals surface area (Å²) in [5.74, 6) is 0. The van der Waals surface area contributed by atoms with Gasteiger partial charge in [0.15, 0.2) is 0 Å². The Morgan fingerprint density at radius 2 is 1.91 bits per heavy atom. The molecule has 0 atom stereocenters. The first kappa shape index (κ1) is 14.8. The summed E-state index contributed by atoms with van der Waals surface area (Å²) in [5, 5.41) is 12.8. The minimum atomic E-state index is 0.686. The summed E-state index contributed by atoms with van der Waals surface area (Å²) in [7, 11) is 0. The fraction of sp³-hybridized carbons (Fsp3) is 0.100. The van der Waals surface area contributed by atoms with Crippen LogP contribution in [0.3, 0.4) is 0 Å². The molecule has 1 N–H and O–H groups in total. The molecule has 0 aliphatic carbocycles. The molecule has 0 fully saturated rings. The highest BCUT2D eigenvalue weighted by molar-refractivity contribution is 5.76. The van der Waals surface area contributed by atoms with Crippen LogP contribution in [0, 0.1) is 18.3 Å². The molecule has 0 unspecified atom stereocenters. The van der Waals surface area contributed by atoms with Gasteiger partial charge in [0.1, 0.15) is 0 Å². The number of rotatable bonds is 4. The highest BCUT2D eigenvalue weighted by atomic mass is 14.9. The zero-order valence-corrected chi connectivity index (χ0v) is 13.0. The molecule has 3 aromatic rings. The van der Waals surface area contributed by atoms with Crippen LogP contribution in [0.1, 0.15) is 16.7 Å². The highest BCUT2D eigenvalue weighted by Crippen LogP contribution is 2.29. The first-order valence-electron chi connectivity index (χ1n) is 7.51. The molecule has 3 nitrogen and oxygen atoms in total. The lowest BCUT2D eigenvalue weighted by atomic mass is 9.96. The minimum Gasteiger partial charge on any atom is -0.381 e. The van der Waals surface area contributed by atoms with Crippen LogP contribution in [0.25, 0.3) is 11.1 Å². The SMILES string of the molecule is Cc1ccccc1-c1cc(NCc2cccnc2)ccc1C#N. The maximum Gasteiger partial charge on any atom is 0.0998 e. The molecule has 3 rings (SSSR count). The van der Waals surface area contributed by atoms with Gasteiger partial charge in [-0.3, -0.25) is 4.98 Å². The molecule has 0 radical (unpaired) electrons. The maximum absolute atomic E-state index is 9.39. The quantitative estimate of drug-likeness (QED) is 0.769. The van der Waals surface area contributed by atoms with Crippen molar-refractivity contribution in [1.29, 1.82) is 5.26 Å². The number of hydrogen-bond donors (Lipinski definition) is 1. The zero-order chi connectivity index (χ0) is 16.1. The van der Waals surface area contributed by atoms with E-state index in [2.05, 4.69) is 35.4 Å². The fourth-order valence-corrected chi connectivity index (χ4v) is 2.56. The Morgan fingerprint density at radius 3 is 2.65 bits per heavy atom. The van der Waals surface area contributed by atoms with Crippen LogP contribution in [-0.2, 0) is 6.54 Å². The second-order valence-corrected chi connectivity index (χ2v) is 5.40. The van der Waals surface area contributed by atoms with Gasteiger partial charge >= 0.3 is 0 Å². The Hall–Kier alpha value is -3.12. The molecule has 0 amide bonds. The monoisotopic (exact) mass is 299 g/mol. The zero-order valence-electron chi connectivity index (χ0n) is 13.0. The topological polar surface area (TPSA) is 48.7 Å². The number of nitrogens with zero attached hydrogens (tertiary/aromatic N) is 2. The summed E-state index contributed by atoms with van der Waals surface area (Å²) in [5.41, 5.74) is 6.01.